The van der Waals surface area contributed by atoms with E-state index in [0.29, 0.717) is 5.56 Å². The van der Waals surface area contributed by atoms with E-state index in [-0.39, 0.29) is 5.84 Å². The lowest BCUT2D eigenvalue weighted by atomic mass is 10.1. The van der Waals surface area contributed by atoms with Crippen LogP contribution >= 0.6 is 0 Å². The maximum Gasteiger partial charge on any atom is 0.144 e. The molecular formula is C17H22N4. The van der Waals surface area contributed by atoms with Gasteiger partial charge >= 0.3 is 0 Å². The van der Waals surface area contributed by atoms with E-state index in [1.807, 2.05) is 19.9 Å². The molecule has 0 spiro atoms. The summed E-state index contributed by atoms with van der Waals surface area (Å²) in [5.41, 5.74) is 10.7. The molecule has 110 valence electrons. The summed E-state index contributed by atoms with van der Waals surface area (Å²) in [7, 11) is 0. The van der Waals surface area contributed by atoms with E-state index < -0.39 is 0 Å². The van der Waals surface area contributed by atoms with Crippen molar-refractivity contribution in [2.45, 2.75) is 27.7 Å². The van der Waals surface area contributed by atoms with E-state index >= 15 is 0 Å². The van der Waals surface area contributed by atoms with Crippen LogP contribution in [0.2, 0.25) is 0 Å². The zero-order valence-electron chi connectivity index (χ0n) is 13.1. The Morgan fingerprint density at radius 2 is 1.81 bits per heavy atom. The Labute approximate surface area is 126 Å². The summed E-state index contributed by atoms with van der Waals surface area (Å²) >= 11 is 0. The molecule has 0 radical (unpaired) electrons. The zero-order valence-corrected chi connectivity index (χ0v) is 13.1. The van der Waals surface area contributed by atoms with E-state index in [1.165, 1.54) is 5.56 Å². The molecular weight excluding hydrogens is 260 g/mol. The summed E-state index contributed by atoms with van der Waals surface area (Å²) in [6.45, 7) is 8.83. The molecule has 0 aliphatic carbocycles. The zero-order chi connectivity index (χ0) is 15.6. The Hall–Kier alpha value is -2.36. The molecule has 4 nitrogen and oxygen atoms in total. The van der Waals surface area contributed by atoms with Gasteiger partial charge in [0, 0.05) is 17.9 Å². The summed E-state index contributed by atoms with van der Waals surface area (Å²) in [5, 5.41) is 7.86. The number of aromatic nitrogens is 1. The quantitative estimate of drug-likeness (QED) is 0.666. The molecule has 4 heteroatoms. The third kappa shape index (κ3) is 3.05. The highest BCUT2D eigenvalue weighted by Gasteiger charge is 2.18. The number of nitrogens with one attached hydrogen (secondary N) is 1. The van der Waals surface area contributed by atoms with Crippen LogP contribution in [-0.4, -0.2) is 17.4 Å². The van der Waals surface area contributed by atoms with Crippen LogP contribution < -0.4 is 10.6 Å². The fraction of sp³-hybridized carbons (Fsp3) is 0.294. The first kappa shape index (κ1) is 15.0. The summed E-state index contributed by atoms with van der Waals surface area (Å²) < 4.78 is 0. The highest BCUT2D eigenvalue weighted by atomic mass is 15.2. The van der Waals surface area contributed by atoms with Crippen LogP contribution in [-0.2, 0) is 0 Å². The molecule has 0 atom stereocenters. The van der Waals surface area contributed by atoms with Crippen LogP contribution in [0, 0.1) is 26.2 Å². The van der Waals surface area contributed by atoms with Crippen molar-refractivity contribution in [3.05, 3.63) is 52.7 Å². The molecule has 21 heavy (non-hydrogen) atoms. The van der Waals surface area contributed by atoms with Crippen molar-refractivity contribution in [2.75, 3.05) is 11.4 Å². The Balaban J connectivity index is 2.61. The van der Waals surface area contributed by atoms with Gasteiger partial charge in [0.1, 0.15) is 11.7 Å². The van der Waals surface area contributed by atoms with E-state index in [9.17, 15) is 0 Å². The first-order chi connectivity index (χ1) is 9.93. The molecule has 0 fully saturated rings. The van der Waals surface area contributed by atoms with Gasteiger partial charge in [-0.25, -0.2) is 4.98 Å². The first-order valence-electron chi connectivity index (χ1n) is 7.11. The van der Waals surface area contributed by atoms with Gasteiger partial charge in [0.15, 0.2) is 0 Å². The number of aryl methyl sites for hydroxylation is 3. The number of nitrogens with zero attached hydrogens (tertiary/aromatic N) is 2. The molecule has 0 unspecified atom stereocenters. The van der Waals surface area contributed by atoms with Crippen LogP contribution in [0.15, 0.2) is 30.3 Å². The lowest BCUT2D eigenvalue weighted by Crippen LogP contribution is -2.24. The van der Waals surface area contributed by atoms with Crippen molar-refractivity contribution in [3.63, 3.8) is 0 Å². The van der Waals surface area contributed by atoms with E-state index in [4.69, 9.17) is 11.1 Å². The van der Waals surface area contributed by atoms with Crippen LogP contribution in [0.5, 0.6) is 0 Å². The molecule has 3 N–H and O–H groups in total. The predicted octanol–water partition coefficient (Wildman–Crippen LogP) is 3.45. The van der Waals surface area contributed by atoms with Gasteiger partial charge in [-0.1, -0.05) is 17.7 Å². The van der Waals surface area contributed by atoms with Gasteiger partial charge < -0.3 is 10.6 Å². The summed E-state index contributed by atoms with van der Waals surface area (Å²) in [6.07, 6.45) is 0. The van der Waals surface area contributed by atoms with Gasteiger partial charge in [-0.15, -0.1) is 0 Å². The SMILES string of the molecule is CCN(c1ccc(C)cc1)c1nc(C)cc(C)c1C(=N)N. The molecule has 0 saturated heterocycles. The summed E-state index contributed by atoms with van der Waals surface area (Å²) in [4.78, 5) is 6.72. The monoisotopic (exact) mass is 282 g/mol. The fourth-order valence-electron chi connectivity index (χ4n) is 2.52. The van der Waals surface area contributed by atoms with Gasteiger partial charge in [-0.3, -0.25) is 5.41 Å². The normalized spacial score (nSPS) is 10.5. The van der Waals surface area contributed by atoms with Crippen molar-refractivity contribution in [1.29, 1.82) is 5.41 Å². The van der Waals surface area contributed by atoms with E-state index in [0.717, 1.165) is 29.3 Å². The maximum absolute atomic E-state index is 7.86. The summed E-state index contributed by atoms with van der Waals surface area (Å²) in [5.74, 6) is 0.812. The second-order valence-electron chi connectivity index (χ2n) is 5.27. The third-order valence-electron chi connectivity index (χ3n) is 3.51. The second kappa shape index (κ2) is 5.95. The highest BCUT2D eigenvalue weighted by molar-refractivity contribution is 6.01. The average molecular weight is 282 g/mol. The standard InChI is InChI=1S/C17H22N4/c1-5-21(14-8-6-11(2)7-9-14)17-15(16(18)19)12(3)10-13(4)20-17/h6-10H,5H2,1-4H3,(H3,18,19). The summed E-state index contributed by atoms with van der Waals surface area (Å²) in [6, 6.07) is 10.3. The number of nitrogens with two attached hydrogens (primary N) is 1. The third-order valence-corrected chi connectivity index (χ3v) is 3.51. The van der Waals surface area contributed by atoms with Gasteiger partial charge in [0.2, 0.25) is 0 Å². The molecule has 1 heterocycles. The van der Waals surface area contributed by atoms with Gasteiger partial charge in [-0.05, 0) is 51.5 Å². The number of benzene rings is 1. The lowest BCUT2D eigenvalue weighted by molar-refractivity contribution is 0.970. The minimum Gasteiger partial charge on any atom is -0.384 e. The van der Waals surface area contributed by atoms with Crippen LogP contribution in [0.3, 0.4) is 0 Å². The Kier molecular flexibility index (Phi) is 4.26. The molecule has 1 aromatic heterocycles. The van der Waals surface area contributed by atoms with Crippen molar-refractivity contribution in [3.8, 4) is 0 Å². The van der Waals surface area contributed by atoms with Crippen molar-refractivity contribution in [1.82, 2.24) is 4.98 Å². The second-order valence-corrected chi connectivity index (χ2v) is 5.27. The lowest BCUT2D eigenvalue weighted by Gasteiger charge is -2.26. The van der Waals surface area contributed by atoms with Crippen LogP contribution in [0.25, 0.3) is 0 Å². The molecule has 1 aromatic carbocycles. The number of amidine groups is 1. The number of hydrogen-bond acceptors (Lipinski definition) is 3. The van der Waals surface area contributed by atoms with Crippen molar-refractivity contribution < 1.29 is 0 Å². The van der Waals surface area contributed by atoms with Gasteiger partial charge in [-0.2, -0.15) is 0 Å². The average Bonchev–Trinajstić information content (AvgIpc) is 2.40. The first-order valence-corrected chi connectivity index (χ1v) is 7.11. The Bertz CT molecular complexity index is 659. The number of nitrogen functional groups attached to an aromatic ring is 1. The van der Waals surface area contributed by atoms with Gasteiger partial charge in [0.25, 0.3) is 0 Å². The number of hydrogen-bond donors (Lipinski definition) is 2. The molecule has 0 bridgehead atoms. The van der Waals surface area contributed by atoms with E-state index in [2.05, 4.69) is 48.0 Å². The fourth-order valence-corrected chi connectivity index (χ4v) is 2.52. The Morgan fingerprint density at radius 3 is 2.33 bits per heavy atom. The Morgan fingerprint density at radius 1 is 1.19 bits per heavy atom. The minimum atomic E-state index is 0.0561. The van der Waals surface area contributed by atoms with Crippen LogP contribution in [0.1, 0.15) is 29.3 Å². The minimum absolute atomic E-state index is 0.0561. The molecule has 0 amide bonds. The van der Waals surface area contributed by atoms with Crippen molar-refractivity contribution in [2.24, 2.45) is 5.73 Å². The van der Waals surface area contributed by atoms with Gasteiger partial charge in [0.05, 0.1) is 5.56 Å². The number of pyridine rings is 1. The number of rotatable bonds is 4. The molecule has 0 aliphatic rings. The smallest absolute Gasteiger partial charge is 0.144 e. The molecule has 2 aromatic rings. The predicted molar refractivity (Wildman–Crippen MR) is 88.6 cm³/mol. The number of anilines is 2. The van der Waals surface area contributed by atoms with E-state index in [1.54, 1.807) is 0 Å². The molecule has 2 rings (SSSR count). The highest BCUT2D eigenvalue weighted by Crippen LogP contribution is 2.29. The van der Waals surface area contributed by atoms with Crippen LogP contribution in [0.4, 0.5) is 11.5 Å². The maximum atomic E-state index is 7.86. The topological polar surface area (TPSA) is 66.0 Å². The molecule has 0 aliphatic heterocycles. The largest absolute Gasteiger partial charge is 0.384 e. The van der Waals surface area contributed by atoms with Crippen molar-refractivity contribution >= 4 is 17.3 Å². The molecule has 0 saturated carbocycles.